The maximum absolute atomic E-state index is 12.0. The minimum absolute atomic E-state index is 0.168. The Kier molecular flexibility index (Phi) is 2.83. The first kappa shape index (κ1) is 9.35. The predicted octanol–water partition coefficient (Wildman–Crippen LogP) is 3.67. The zero-order valence-electron chi connectivity index (χ0n) is 5.79. The molecule has 4 heteroatoms. The van der Waals surface area contributed by atoms with Crippen LogP contribution in [0.15, 0.2) is 9.66 Å². The molecule has 0 radical (unpaired) electrons. The number of rotatable bonds is 0. The van der Waals surface area contributed by atoms with Gasteiger partial charge in [-0.1, -0.05) is 6.08 Å². The summed E-state index contributed by atoms with van der Waals surface area (Å²) in [6.07, 6.45) is -1.29. The van der Waals surface area contributed by atoms with Gasteiger partial charge < -0.3 is 0 Å². The maximum atomic E-state index is 12.0. The Balaban J connectivity index is 2.54. The molecule has 0 aromatic heterocycles. The van der Waals surface area contributed by atoms with Crippen LogP contribution in [0.2, 0.25) is 0 Å². The molecule has 0 aromatic carbocycles. The topological polar surface area (TPSA) is 0 Å². The van der Waals surface area contributed by atoms with E-state index >= 15 is 0 Å². The molecule has 0 aliphatic heterocycles. The molecule has 1 rings (SSSR count). The summed E-state index contributed by atoms with van der Waals surface area (Å²) in [5, 5.41) is 0. The zero-order chi connectivity index (χ0) is 8.48. The number of alkyl halides is 3. The second kappa shape index (κ2) is 3.33. The van der Waals surface area contributed by atoms with Gasteiger partial charge in [0.15, 0.2) is 0 Å². The fraction of sp³-hybridized carbons (Fsp3) is 0.714. The molecule has 0 spiro atoms. The Labute approximate surface area is 77.0 Å². The zero-order valence-corrected chi connectivity index (χ0v) is 7.95. The van der Waals surface area contributed by atoms with Gasteiger partial charge in [-0.25, -0.2) is 0 Å². The van der Waals surface area contributed by atoms with E-state index in [0.29, 0.717) is 6.42 Å². The first-order valence-corrected chi connectivity index (χ1v) is 4.49. The lowest BCUT2D eigenvalue weighted by molar-refractivity contribution is -0.175. The first-order valence-electron chi connectivity index (χ1n) is 3.41. The van der Waals surface area contributed by atoms with Crippen molar-refractivity contribution in [1.29, 1.82) is 0 Å². The minimum atomic E-state index is -3.99. The van der Waals surface area contributed by atoms with Crippen LogP contribution in [-0.4, -0.2) is 6.18 Å². The summed E-state index contributed by atoms with van der Waals surface area (Å²) in [6.45, 7) is 0. The third-order valence-electron chi connectivity index (χ3n) is 1.82. The van der Waals surface area contributed by atoms with E-state index in [1.165, 1.54) is 0 Å². The van der Waals surface area contributed by atoms with Crippen LogP contribution in [0.4, 0.5) is 13.2 Å². The molecule has 0 amide bonds. The van der Waals surface area contributed by atoms with Gasteiger partial charge in [-0.3, -0.25) is 0 Å². The molecule has 11 heavy (non-hydrogen) atoms. The van der Waals surface area contributed by atoms with Crippen LogP contribution in [0, 0.1) is 5.92 Å². The molecule has 0 bridgehead atoms. The lowest BCUT2D eigenvalue weighted by atomic mass is 9.94. The highest BCUT2D eigenvalue weighted by molar-refractivity contribution is 14.1. The Hall–Kier alpha value is 0.260. The normalized spacial score (nSPS) is 26.5. The van der Waals surface area contributed by atoms with Crippen molar-refractivity contribution in [1.82, 2.24) is 0 Å². The van der Waals surface area contributed by atoms with Gasteiger partial charge in [-0.05, 0) is 45.4 Å². The van der Waals surface area contributed by atoms with E-state index < -0.39 is 12.1 Å². The summed E-state index contributed by atoms with van der Waals surface area (Å²) in [5.74, 6) is -1.10. The van der Waals surface area contributed by atoms with Crippen LogP contribution < -0.4 is 0 Å². The van der Waals surface area contributed by atoms with Gasteiger partial charge in [0.25, 0.3) is 0 Å². The molecule has 1 aliphatic rings. The Morgan fingerprint density at radius 1 is 1.45 bits per heavy atom. The second-order valence-electron chi connectivity index (χ2n) is 2.66. The molecule has 1 unspecified atom stereocenters. The summed E-state index contributed by atoms with van der Waals surface area (Å²) in [5.41, 5.74) is 0. The van der Waals surface area contributed by atoms with Crippen molar-refractivity contribution in [2.24, 2.45) is 5.92 Å². The molecule has 0 saturated heterocycles. The van der Waals surface area contributed by atoms with Gasteiger partial charge >= 0.3 is 6.18 Å². The van der Waals surface area contributed by atoms with E-state index in [0.717, 1.165) is 3.58 Å². The van der Waals surface area contributed by atoms with Crippen molar-refractivity contribution in [2.45, 2.75) is 25.4 Å². The molecule has 1 aliphatic carbocycles. The number of allylic oxidation sites excluding steroid dienone is 2. The van der Waals surface area contributed by atoms with Crippen molar-refractivity contribution < 1.29 is 13.2 Å². The van der Waals surface area contributed by atoms with Crippen molar-refractivity contribution in [3.63, 3.8) is 0 Å². The quantitative estimate of drug-likeness (QED) is 0.592. The highest BCUT2D eigenvalue weighted by atomic mass is 127. The van der Waals surface area contributed by atoms with E-state index in [1.807, 2.05) is 0 Å². The summed E-state index contributed by atoms with van der Waals surface area (Å²) < 4.78 is 37.2. The Morgan fingerprint density at radius 2 is 2.09 bits per heavy atom. The molecule has 1 atom stereocenters. The van der Waals surface area contributed by atoms with Crippen molar-refractivity contribution in [2.75, 3.05) is 0 Å². The smallest absolute Gasteiger partial charge is 0.171 e. The van der Waals surface area contributed by atoms with Gasteiger partial charge in [0.05, 0.1) is 5.92 Å². The van der Waals surface area contributed by atoms with Crippen LogP contribution in [0.5, 0.6) is 0 Å². The SMILES string of the molecule is FC(F)(F)C1CC=C(I)CC1. The van der Waals surface area contributed by atoms with Crippen LogP contribution in [0.25, 0.3) is 0 Å². The molecular formula is C7H8F3I. The van der Waals surface area contributed by atoms with Gasteiger partial charge in [0.2, 0.25) is 0 Å². The highest BCUT2D eigenvalue weighted by Gasteiger charge is 2.39. The van der Waals surface area contributed by atoms with E-state index in [-0.39, 0.29) is 12.8 Å². The van der Waals surface area contributed by atoms with E-state index in [9.17, 15) is 13.2 Å². The van der Waals surface area contributed by atoms with Gasteiger partial charge in [-0.15, -0.1) is 0 Å². The third kappa shape index (κ3) is 2.65. The van der Waals surface area contributed by atoms with Crippen molar-refractivity contribution >= 4 is 22.6 Å². The average molecular weight is 276 g/mol. The lowest BCUT2D eigenvalue weighted by Crippen LogP contribution is -2.23. The number of hydrogen-bond acceptors (Lipinski definition) is 0. The summed E-state index contributed by atoms with van der Waals surface area (Å²) in [4.78, 5) is 0. The monoisotopic (exact) mass is 276 g/mol. The van der Waals surface area contributed by atoms with Crippen LogP contribution in [0.1, 0.15) is 19.3 Å². The van der Waals surface area contributed by atoms with Crippen LogP contribution >= 0.6 is 22.6 Å². The molecule has 0 fully saturated rings. The van der Waals surface area contributed by atoms with Gasteiger partial charge in [-0.2, -0.15) is 13.2 Å². The molecule has 0 heterocycles. The Bertz CT molecular complexity index is 171. The molecule has 0 N–H and O–H groups in total. The molecule has 64 valence electrons. The third-order valence-corrected chi connectivity index (χ3v) is 2.80. The van der Waals surface area contributed by atoms with E-state index in [4.69, 9.17) is 0 Å². The predicted molar refractivity (Wildman–Crippen MR) is 45.5 cm³/mol. The fourth-order valence-corrected chi connectivity index (χ4v) is 1.67. The number of hydrogen-bond donors (Lipinski definition) is 0. The van der Waals surface area contributed by atoms with Crippen molar-refractivity contribution in [3.8, 4) is 0 Å². The van der Waals surface area contributed by atoms with Gasteiger partial charge in [0, 0.05) is 0 Å². The summed E-state index contributed by atoms with van der Waals surface area (Å²) in [6, 6.07) is 0. The minimum Gasteiger partial charge on any atom is -0.171 e. The molecule has 0 nitrogen and oxygen atoms in total. The molecule has 0 saturated carbocycles. The lowest BCUT2D eigenvalue weighted by Gasteiger charge is -2.21. The summed E-state index contributed by atoms with van der Waals surface area (Å²) >= 11 is 2.09. The van der Waals surface area contributed by atoms with Gasteiger partial charge in [0.1, 0.15) is 0 Å². The summed E-state index contributed by atoms with van der Waals surface area (Å²) in [7, 11) is 0. The number of halogens is 4. The standard InChI is InChI=1S/C7H8F3I/c8-7(9,10)5-1-3-6(11)4-2-5/h3,5H,1-2,4H2. The molecular weight excluding hydrogens is 268 g/mol. The first-order chi connectivity index (χ1) is 5.00. The Morgan fingerprint density at radius 3 is 2.45 bits per heavy atom. The average Bonchev–Trinajstić information content (AvgIpc) is 1.86. The second-order valence-corrected chi connectivity index (χ2v) is 4.05. The van der Waals surface area contributed by atoms with E-state index in [1.54, 1.807) is 6.08 Å². The highest BCUT2D eigenvalue weighted by Crippen LogP contribution is 2.37. The maximum Gasteiger partial charge on any atom is 0.392 e. The van der Waals surface area contributed by atoms with E-state index in [2.05, 4.69) is 22.6 Å². The van der Waals surface area contributed by atoms with Crippen LogP contribution in [0.3, 0.4) is 0 Å². The van der Waals surface area contributed by atoms with Crippen LogP contribution in [-0.2, 0) is 0 Å². The fourth-order valence-electron chi connectivity index (χ4n) is 1.10. The largest absolute Gasteiger partial charge is 0.392 e. The van der Waals surface area contributed by atoms with Crippen molar-refractivity contribution in [3.05, 3.63) is 9.66 Å². The molecule has 0 aromatic rings.